The zero-order valence-corrected chi connectivity index (χ0v) is 11.0. The zero-order chi connectivity index (χ0) is 15.3. The van der Waals surface area contributed by atoms with Gasteiger partial charge in [-0.1, -0.05) is 6.07 Å². The van der Waals surface area contributed by atoms with Crippen LogP contribution in [0, 0.1) is 15.9 Å². The molecule has 0 heterocycles. The minimum Gasteiger partial charge on any atom is -0.469 e. The van der Waals surface area contributed by atoms with Gasteiger partial charge in [0.15, 0.2) is 0 Å². The standard InChI is InChI=1S/C12H15FN2O5/c1-14-9(6-11(16)20-2)12(17)7-3-4-8(13)10(5-7)15(18)19/h3-5,9,12,14,17H,6H2,1-2H3. The van der Waals surface area contributed by atoms with Gasteiger partial charge in [-0.15, -0.1) is 0 Å². The maximum Gasteiger partial charge on any atom is 0.307 e. The van der Waals surface area contributed by atoms with Gasteiger partial charge < -0.3 is 15.2 Å². The molecule has 1 aromatic rings. The van der Waals surface area contributed by atoms with Crippen LogP contribution in [0.15, 0.2) is 18.2 Å². The summed E-state index contributed by atoms with van der Waals surface area (Å²) >= 11 is 0. The van der Waals surface area contributed by atoms with E-state index in [9.17, 15) is 24.4 Å². The maximum absolute atomic E-state index is 13.2. The summed E-state index contributed by atoms with van der Waals surface area (Å²) in [5.74, 6) is -1.53. The SMILES string of the molecule is CNC(CC(=O)OC)C(O)c1ccc(F)c([N+](=O)[O-])c1. The lowest BCUT2D eigenvalue weighted by Crippen LogP contribution is -2.34. The summed E-state index contributed by atoms with van der Waals surface area (Å²) < 4.78 is 17.7. The fourth-order valence-corrected chi connectivity index (χ4v) is 1.72. The maximum atomic E-state index is 13.2. The molecule has 0 radical (unpaired) electrons. The Kier molecular flexibility index (Phi) is 5.53. The molecule has 1 rings (SSSR count). The summed E-state index contributed by atoms with van der Waals surface area (Å²) in [5.41, 5.74) is -0.587. The van der Waals surface area contributed by atoms with Gasteiger partial charge >= 0.3 is 11.7 Å². The highest BCUT2D eigenvalue weighted by molar-refractivity contribution is 5.70. The quantitative estimate of drug-likeness (QED) is 0.458. The van der Waals surface area contributed by atoms with Crippen molar-refractivity contribution in [3.63, 3.8) is 0 Å². The van der Waals surface area contributed by atoms with Crippen molar-refractivity contribution >= 4 is 11.7 Å². The summed E-state index contributed by atoms with van der Waals surface area (Å²) in [6, 6.07) is 2.38. The van der Waals surface area contributed by atoms with Crippen LogP contribution in [0.1, 0.15) is 18.1 Å². The number of likely N-dealkylation sites (N-methyl/N-ethyl adjacent to an activating group) is 1. The minimum atomic E-state index is -1.21. The largest absolute Gasteiger partial charge is 0.469 e. The van der Waals surface area contributed by atoms with Crippen LogP contribution in [0.2, 0.25) is 0 Å². The van der Waals surface area contributed by atoms with E-state index in [0.29, 0.717) is 0 Å². The van der Waals surface area contributed by atoms with Gasteiger partial charge in [-0.3, -0.25) is 14.9 Å². The first-order chi connectivity index (χ1) is 9.40. The van der Waals surface area contributed by atoms with Crippen LogP contribution in [-0.2, 0) is 9.53 Å². The summed E-state index contributed by atoms with van der Waals surface area (Å²) in [7, 11) is 2.74. The van der Waals surface area contributed by atoms with Crippen molar-refractivity contribution < 1.29 is 24.0 Å². The van der Waals surface area contributed by atoms with Gasteiger partial charge in [0.1, 0.15) is 0 Å². The van der Waals surface area contributed by atoms with E-state index in [1.807, 2.05) is 0 Å². The Hall–Kier alpha value is -2.06. The van der Waals surface area contributed by atoms with Gasteiger partial charge in [-0.25, -0.2) is 0 Å². The highest BCUT2D eigenvalue weighted by Gasteiger charge is 2.25. The van der Waals surface area contributed by atoms with Gasteiger partial charge in [0, 0.05) is 12.1 Å². The van der Waals surface area contributed by atoms with E-state index < -0.39 is 34.5 Å². The molecule has 0 saturated carbocycles. The first kappa shape index (κ1) is 16.0. The molecule has 0 saturated heterocycles. The second kappa shape index (κ2) is 6.92. The van der Waals surface area contributed by atoms with Crippen LogP contribution in [0.3, 0.4) is 0 Å². The molecule has 0 aliphatic carbocycles. The fourth-order valence-electron chi connectivity index (χ4n) is 1.72. The molecular formula is C12H15FN2O5. The number of carbonyl (C=O) groups is 1. The van der Waals surface area contributed by atoms with Crippen molar-refractivity contribution in [2.75, 3.05) is 14.2 Å². The fraction of sp³-hybridized carbons (Fsp3) is 0.417. The van der Waals surface area contributed by atoms with E-state index >= 15 is 0 Å². The first-order valence-corrected chi connectivity index (χ1v) is 5.76. The van der Waals surface area contributed by atoms with Crippen LogP contribution in [0.4, 0.5) is 10.1 Å². The predicted octanol–water partition coefficient (Wildman–Crippen LogP) is 0.918. The average molecular weight is 286 g/mol. The number of methoxy groups -OCH3 is 1. The number of hydrogen-bond acceptors (Lipinski definition) is 6. The number of aliphatic hydroxyl groups is 1. The van der Waals surface area contributed by atoms with Crippen LogP contribution < -0.4 is 5.32 Å². The molecule has 0 aliphatic rings. The number of rotatable bonds is 6. The zero-order valence-electron chi connectivity index (χ0n) is 11.0. The summed E-state index contributed by atoms with van der Waals surface area (Å²) in [6.07, 6.45) is -1.34. The Balaban J connectivity index is 3.00. The smallest absolute Gasteiger partial charge is 0.307 e. The van der Waals surface area contributed by atoms with E-state index in [1.165, 1.54) is 20.2 Å². The normalized spacial score (nSPS) is 13.6. The molecular weight excluding hydrogens is 271 g/mol. The highest BCUT2D eigenvalue weighted by Crippen LogP contribution is 2.25. The number of hydrogen-bond donors (Lipinski definition) is 2. The molecule has 2 atom stereocenters. The number of nitrogens with one attached hydrogen (secondary N) is 1. The number of aliphatic hydroxyl groups excluding tert-OH is 1. The molecule has 20 heavy (non-hydrogen) atoms. The van der Waals surface area contributed by atoms with E-state index in [-0.39, 0.29) is 12.0 Å². The number of nitro groups is 1. The van der Waals surface area contributed by atoms with E-state index in [1.54, 1.807) is 0 Å². The summed E-state index contributed by atoms with van der Waals surface area (Å²) in [6.45, 7) is 0. The third-order valence-corrected chi connectivity index (χ3v) is 2.87. The van der Waals surface area contributed by atoms with Crippen LogP contribution in [0.25, 0.3) is 0 Å². The second-order valence-corrected chi connectivity index (χ2v) is 4.09. The van der Waals surface area contributed by atoms with Gasteiger partial charge in [-0.2, -0.15) is 4.39 Å². The number of ether oxygens (including phenoxy) is 1. The Morgan fingerprint density at radius 3 is 2.75 bits per heavy atom. The van der Waals surface area contributed by atoms with Crippen molar-refractivity contribution in [1.82, 2.24) is 5.32 Å². The van der Waals surface area contributed by atoms with Crippen LogP contribution >= 0.6 is 0 Å². The van der Waals surface area contributed by atoms with Gasteiger partial charge in [0.25, 0.3) is 0 Å². The number of nitro benzene ring substituents is 1. The third-order valence-electron chi connectivity index (χ3n) is 2.87. The molecule has 2 unspecified atom stereocenters. The van der Waals surface area contributed by atoms with E-state index in [0.717, 1.165) is 12.1 Å². The molecule has 0 spiro atoms. The lowest BCUT2D eigenvalue weighted by Gasteiger charge is -2.21. The molecule has 0 aliphatic heterocycles. The van der Waals surface area contributed by atoms with Crippen LogP contribution in [-0.4, -0.2) is 36.2 Å². The predicted molar refractivity (Wildman–Crippen MR) is 67.5 cm³/mol. The van der Waals surface area contributed by atoms with Gasteiger partial charge in [0.05, 0.1) is 24.6 Å². The minimum absolute atomic E-state index is 0.126. The molecule has 7 nitrogen and oxygen atoms in total. The lowest BCUT2D eigenvalue weighted by molar-refractivity contribution is -0.387. The molecule has 0 fully saturated rings. The van der Waals surface area contributed by atoms with Crippen LogP contribution in [0.5, 0.6) is 0 Å². The summed E-state index contributed by atoms with van der Waals surface area (Å²) in [4.78, 5) is 21.0. The number of halogens is 1. The van der Waals surface area contributed by atoms with Crippen molar-refractivity contribution in [3.05, 3.63) is 39.7 Å². The van der Waals surface area contributed by atoms with E-state index in [2.05, 4.69) is 10.1 Å². The molecule has 0 aromatic heterocycles. The molecule has 2 N–H and O–H groups in total. The first-order valence-electron chi connectivity index (χ1n) is 5.76. The molecule has 110 valence electrons. The second-order valence-electron chi connectivity index (χ2n) is 4.09. The monoisotopic (exact) mass is 286 g/mol. The van der Waals surface area contributed by atoms with E-state index in [4.69, 9.17) is 0 Å². The third kappa shape index (κ3) is 3.72. The Morgan fingerprint density at radius 1 is 1.60 bits per heavy atom. The number of esters is 1. The van der Waals surface area contributed by atoms with Gasteiger partial charge in [-0.05, 0) is 18.7 Å². The highest BCUT2D eigenvalue weighted by atomic mass is 19.1. The number of benzene rings is 1. The number of nitrogens with zero attached hydrogens (tertiary/aromatic N) is 1. The average Bonchev–Trinajstić information content (AvgIpc) is 2.43. The Bertz CT molecular complexity index is 509. The molecule has 8 heteroatoms. The lowest BCUT2D eigenvalue weighted by atomic mass is 9.99. The Labute approximate surface area is 114 Å². The van der Waals surface area contributed by atoms with Crippen molar-refractivity contribution in [2.45, 2.75) is 18.6 Å². The Morgan fingerprint density at radius 2 is 2.25 bits per heavy atom. The topological polar surface area (TPSA) is 102 Å². The van der Waals surface area contributed by atoms with Crippen molar-refractivity contribution in [2.24, 2.45) is 0 Å². The summed E-state index contributed by atoms with van der Waals surface area (Å²) in [5, 5.41) is 23.5. The molecule has 0 amide bonds. The number of carbonyl (C=O) groups excluding carboxylic acids is 1. The van der Waals surface area contributed by atoms with Gasteiger partial charge in [0.2, 0.25) is 5.82 Å². The molecule has 0 bridgehead atoms. The molecule has 1 aromatic carbocycles. The van der Waals surface area contributed by atoms with Crippen molar-refractivity contribution in [1.29, 1.82) is 0 Å². The van der Waals surface area contributed by atoms with Crippen molar-refractivity contribution in [3.8, 4) is 0 Å².